The molecule has 1 saturated carbocycles. The van der Waals surface area contributed by atoms with E-state index in [4.69, 9.17) is 14.2 Å². The molecule has 5 heteroatoms. The Morgan fingerprint density at radius 1 is 1.20 bits per heavy atom. The Balaban J connectivity index is 1.64. The third-order valence-corrected chi connectivity index (χ3v) is 3.74. The van der Waals surface area contributed by atoms with Gasteiger partial charge in [0.15, 0.2) is 0 Å². The maximum Gasteiger partial charge on any atom is 0.309 e. The zero-order valence-electron chi connectivity index (χ0n) is 12.3. The second-order valence-electron chi connectivity index (χ2n) is 5.77. The number of hydrogen-bond donors (Lipinski definition) is 0. The maximum atomic E-state index is 11.8. The number of ether oxygens (including phenoxy) is 3. The molecule has 2 unspecified atom stereocenters. The molecule has 3 atom stereocenters. The second kappa shape index (κ2) is 7.07. The van der Waals surface area contributed by atoms with E-state index in [0.29, 0.717) is 19.4 Å². The summed E-state index contributed by atoms with van der Waals surface area (Å²) in [4.78, 5) is 22.9. The number of carbonyl (C=O) groups excluding carboxylic acids is 2. The zero-order chi connectivity index (χ0) is 14.5. The lowest BCUT2D eigenvalue weighted by Gasteiger charge is -2.17. The Kier molecular flexibility index (Phi) is 5.40. The van der Waals surface area contributed by atoms with Crippen LogP contribution in [-0.4, -0.2) is 36.9 Å². The van der Waals surface area contributed by atoms with E-state index in [2.05, 4.69) is 0 Å². The van der Waals surface area contributed by atoms with Gasteiger partial charge in [0, 0.05) is 6.42 Å². The first-order valence-corrected chi connectivity index (χ1v) is 7.60. The normalized spacial score (nSPS) is 27.1. The van der Waals surface area contributed by atoms with Gasteiger partial charge in [0.05, 0.1) is 18.1 Å². The molecule has 20 heavy (non-hydrogen) atoms. The summed E-state index contributed by atoms with van der Waals surface area (Å²) >= 11 is 0. The fraction of sp³-hybridized carbons (Fsp3) is 0.867. The first-order valence-electron chi connectivity index (χ1n) is 7.60. The van der Waals surface area contributed by atoms with Crippen LogP contribution < -0.4 is 0 Å². The monoisotopic (exact) mass is 284 g/mol. The molecular weight excluding hydrogens is 260 g/mol. The van der Waals surface area contributed by atoms with E-state index in [1.165, 1.54) is 0 Å². The van der Waals surface area contributed by atoms with Crippen molar-refractivity contribution in [3.05, 3.63) is 0 Å². The SMILES string of the molecule is CCC(=O)OC[C@@H]1CCC(CC(C)C(=O)OC2CC2)O1. The Labute approximate surface area is 120 Å². The molecule has 1 saturated heterocycles. The van der Waals surface area contributed by atoms with Crippen LogP contribution in [0.1, 0.15) is 52.4 Å². The van der Waals surface area contributed by atoms with E-state index in [9.17, 15) is 9.59 Å². The first kappa shape index (κ1) is 15.3. The predicted octanol–water partition coefficient (Wildman–Crippen LogP) is 2.22. The molecule has 1 heterocycles. The molecule has 0 N–H and O–H groups in total. The summed E-state index contributed by atoms with van der Waals surface area (Å²) in [5.74, 6) is -0.437. The van der Waals surface area contributed by atoms with E-state index in [-0.39, 0.29) is 36.2 Å². The van der Waals surface area contributed by atoms with Gasteiger partial charge in [0.1, 0.15) is 12.7 Å². The minimum Gasteiger partial charge on any atom is -0.463 e. The van der Waals surface area contributed by atoms with Crippen LogP contribution in [0.5, 0.6) is 0 Å². The van der Waals surface area contributed by atoms with Crippen molar-refractivity contribution < 1.29 is 23.8 Å². The van der Waals surface area contributed by atoms with Gasteiger partial charge in [-0.05, 0) is 32.1 Å². The predicted molar refractivity (Wildman–Crippen MR) is 72.0 cm³/mol. The molecule has 1 aliphatic heterocycles. The van der Waals surface area contributed by atoms with Crippen molar-refractivity contribution in [2.24, 2.45) is 5.92 Å². The summed E-state index contributed by atoms with van der Waals surface area (Å²) in [7, 11) is 0. The molecule has 0 aromatic carbocycles. The first-order chi connectivity index (χ1) is 9.58. The van der Waals surface area contributed by atoms with Crippen molar-refractivity contribution >= 4 is 11.9 Å². The molecule has 2 aliphatic rings. The Morgan fingerprint density at radius 2 is 1.90 bits per heavy atom. The molecule has 1 aliphatic carbocycles. The highest BCUT2D eigenvalue weighted by atomic mass is 16.6. The van der Waals surface area contributed by atoms with Crippen LogP contribution in [0.3, 0.4) is 0 Å². The van der Waals surface area contributed by atoms with Crippen LogP contribution in [0.4, 0.5) is 0 Å². The number of hydrogen-bond acceptors (Lipinski definition) is 5. The van der Waals surface area contributed by atoms with Gasteiger partial charge in [-0.15, -0.1) is 0 Å². The van der Waals surface area contributed by atoms with Crippen molar-refractivity contribution in [3.63, 3.8) is 0 Å². The Bertz CT molecular complexity index is 350. The van der Waals surface area contributed by atoms with Crippen LogP contribution in [0.15, 0.2) is 0 Å². The molecule has 2 rings (SSSR count). The van der Waals surface area contributed by atoms with Crippen LogP contribution in [-0.2, 0) is 23.8 Å². The van der Waals surface area contributed by atoms with Crippen LogP contribution >= 0.6 is 0 Å². The summed E-state index contributed by atoms with van der Waals surface area (Å²) in [5, 5.41) is 0. The van der Waals surface area contributed by atoms with Crippen molar-refractivity contribution in [1.29, 1.82) is 0 Å². The van der Waals surface area contributed by atoms with E-state index in [1.54, 1.807) is 6.92 Å². The number of esters is 2. The fourth-order valence-corrected chi connectivity index (χ4v) is 2.32. The van der Waals surface area contributed by atoms with Crippen molar-refractivity contribution in [3.8, 4) is 0 Å². The van der Waals surface area contributed by atoms with E-state index in [0.717, 1.165) is 25.7 Å². The second-order valence-corrected chi connectivity index (χ2v) is 5.77. The molecule has 0 aromatic heterocycles. The van der Waals surface area contributed by atoms with Gasteiger partial charge in [-0.2, -0.15) is 0 Å². The third-order valence-electron chi connectivity index (χ3n) is 3.74. The summed E-state index contributed by atoms with van der Waals surface area (Å²) in [6.07, 6.45) is 5.08. The maximum absolute atomic E-state index is 11.8. The Morgan fingerprint density at radius 3 is 2.55 bits per heavy atom. The van der Waals surface area contributed by atoms with E-state index < -0.39 is 0 Å². The minimum atomic E-state index is -0.196. The average Bonchev–Trinajstić information content (AvgIpc) is 3.13. The quantitative estimate of drug-likeness (QED) is 0.671. The summed E-state index contributed by atoms with van der Waals surface area (Å²) in [5.41, 5.74) is 0. The van der Waals surface area contributed by atoms with E-state index >= 15 is 0 Å². The summed E-state index contributed by atoms with van der Waals surface area (Å²) < 4.78 is 16.2. The standard InChI is InChI=1S/C15H24O5/c1-3-14(16)18-9-13-7-6-12(19-13)8-10(2)15(17)20-11-4-5-11/h10-13H,3-9H2,1-2H3/t10?,12?,13-/m0/s1. The average molecular weight is 284 g/mol. The van der Waals surface area contributed by atoms with Crippen LogP contribution in [0.2, 0.25) is 0 Å². The zero-order valence-corrected chi connectivity index (χ0v) is 12.3. The van der Waals surface area contributed by atoms with Crippen molar-refractivity contribution in [2.45, 2.75) is 70.7 Å². The number of carbonyl (C=O) groups is 2. The minimum absolute atomic E-state index is 0.0258. The third kappa shape index (κ3) is 4.78. The smallest absolute Gasteiger partial charge is 0.309 e. The highest BCUT2D eigenvalue weighted by Gasteiger charge is 2.32. The molecule has 0 aromatic rings. The summed E-state index contributed by atoms with van der Waals surface area (Å²) in [6.45, 7) is 3.98. The van der Waals surface area contributed by atoms with Crippen LogP contribution in [0.25, 0.3) is 0 Å². The lowest BCUT2D eigenvalue weighted by atomic mass is 10.0. The molecule has 0 spiro atoms. The van der Waals surface area contributed by atoms with Crippen LogP contribution in [0, 0.1) is 5.92 Å². The summed E-state index contributed by atoms with van der Waals surface area (Å²) in [6, 6.07) is 0. The topological polar surface area (TPSA) is 61.8 Å². The lowest BCUT2D eigenvalue weighted by Crippen LogP contribution is -2.23. The van der Waals surface area contributed by atoms with Gasteiger partial charge < -0.3 is 14.2 Å². The Hall–Kier alpha value is -1.10. The highest BCUT2D eigenvalue weighted by Crippen LogP contribution is 2.28. The van der Waals surface area contributed by atoms with Gasteiger partial charge in [-0.3, -0.25) is 9.59 Å². The molecule has 2 fully saturated rings. The largest absolute Gasteiger partial charge is 0.463 e. The molecule has 0 bridgehead atoms. The lowest BCUT2D eigenvalue weighted by molar-refractivity contribution is -0.151. The molecule has 0 radical (unpaired) electrons. The highest BCUT2D eigenvalue weighted by molar-refractivity contribution is 5.72. The molecular formula is C15H24O5. The van der Waals surface area contributed by atoms with Crippen molar-refractivity contribution in [1.82, 2.24) is 0 Å². The van der Waals surface area contributed by atoms with E-state index in [1.807, 2.05) is 6.92 Å². The van der Waals surface area contributed by atoms with Gasteiger partial charge >= 0.3 is 11.9 Å². The number of rotatable bonds is 7. The van der Waals surface area contributed by atoms with Crippen molar-refractivity contribution in [2.75, 3.05) is 6.61 Å². The van der Waals surface area contributed by atoms with Gasteiger partial charge in [0.2, 0.25) is 0 Å². The van der Waals surface area contributed by atoms with Gasteiger partial charge in [-0.1, -0.05) is 13.8 Å². The molecule has 5 nitrogen and oxygen atoms in total. The molecule has 0 amide bonds. The van der Waals surface area contributed by atoms with Gasteiger partial charge in [-0.25, -0.2) is 0 Å². The fourth-order valence-electron chi connectivity index (χ4n) is 2.32. The van der Waals surface area contributed by atoms with Gasteiger partial charge in [0.25, 0.3) is 0 Å². The molecule has 114 valence electrons.